The van der Waals surface area contributed by atoms with Crippen molar-refractivity contribution in [3.63, 3.8) is 0 Å². The minimum atomic E-state index is -1.03. The smallest absolute Gasteiger partial charge is 0.328 e. The summed E-state index contributed by atoms with van der Waals surface area (Å²) in [7, 11) is 0. The van der Waals surface area contributed by atoms with Crippen LogP contribution in [-0.2, 0) is 4.79 Å². The molecule has 0 spiro atoms. The largest absolute Gasteiger partial charge is 0.480 e. The molecule has 0 aliphatic heterocycles. The average molecular weight is 301 g/mol. The van der Waals surface area contributed by atoms with Crippen LogP contribution in [0.4, 0.5) is 0 Å². The topological polar surface area (TPSA) is 137 Å². The first kappa shape index (κ1) is 13.7. The lowest BCUT2D eigenvalue weighted by atomic mass is 10.2. The molecule has 0 radical (unpaired) electrons. The Kier molecular flexibility index (Phi) is 3.52. The molecule has 1 unspecified atom stereocenters. The summed E-state index contributed by atoms with van der Waals surface area (Å²) in [4.78, 5) is 15.2. The van der Waals surface area contributed by atoms with E-state index in [9.17, 15) is 9.90 Å². The predicted molar refractivity (Wildman–Crippen MR) is 70.7 cm³/mol. The number of nitrogens with zero attached hydrogens (tertiary/aromatic N) is 9. The van der Waals surface area contributed by atoms with Crippen molar-refractivity contribution in [2.24, 2.45) is 0 Å². The molecule has 11 heteroatoms. The van der Waals surface area contributed by atoms with E-state index in [1.807, 2.05) is 0 Å². The van der Waals surface area contributed by atoms with Crippen molar-refractivity contribution in [1.29, 1.82) is 0 Å². The molecule has 0 saturated heterocycles. The maximum atomic E-state index is 11.3. The third-order valence-electron chi connectivity index (χ3n) is 3.04. The van der Waals surface area contributed by atoms with Crippen molar-refractivity contribution in [3.05, 3.63) is 24.5 Å². The zero-order chi connectivity index (χ0) is 15.5. The molecular formula is C11H11N9O2. The summed E-state index contributed by atoms with van der Waals surface area (Å²) in [6.45, 7) is 1.73. The van der Waals surface area contributed by atoms with Gasteiger partial charge in [0.05, 0.1) is 5.69 Å². The number of carboxylic acid groups (broad SMARTS) is 1. The van der Waals surface area contributed by atoms with Gasteiger partial charge < -0.3 is 5.11 Å². The van der Waals surface area contributed by atoms with Crippen LogP contribution in [-0.4, -0.2) is 56.5 Å². The molecular weight excluding hydrogens is 290 g/mol. The van der Waals surface area contributed by atoms with Gasteiger partial charge in [-0.1, -0.05) is 6.92 Å². The van der Waals surface area contributed by atoms with Crippen molar-refractivity contribution in [3.8, 4) is 17.3 Å². The average Bonchev–Trinajstić information content (AvgIpc) is 3.16. The third kappa shape index (κ3) is 2.28. The van der Waals surface area contributed by atoms with E-state index in [2.05, 4.69) is 36.0 Å². The van der Waals surface area contributed by atoms with Gasteiger partial charge >= 0.3 is 5.97 Å². The highest BCUT2D eigenvalue weighted by Crippen LogP contribution is 2.20. The lowest BCUT2D eigenvalue weighted by Gasteiger charge is -2.11. The van der Waals surface area contributed by atoms with Crippen LogP contribution < -0.4 is 0 Å². The van der Waals surface area contributed by atoms with E-state index >= 15 is 0 Å². The molecule has 11 nitrogen and oxygen atoms in total. The number of aromatic nitrogens is 9. The Morgan fingerprint density at radius 2 is 1.86 bits per heavy atom. The van der Waals surface area contributed by atoms with Gasteiger partial charge in [0.15, 0.2) is 6.04 Å². The summed E-state index contributed by atoms with van der Waals surface area (Å²) in [6.07, 6.45) is 3.51. The number of carbonyl (C=O) groups is 1. The quantitative estimate of drug-likeness (QED) is 0.675. The molecule has 0 saturated carbocycles. The summed E-state index contributed by atoms with van der Waals surface area (Å²) >= 11 is 0. The Balaban J connectivity index is 2.10. The normalized spacial score (nSPS) is 12.2. The number of tetrazole rings is 2. The van der Waals surface area contributed by atoms with Crippen LogP contribution >= 0.6 is 0 Å². The number of hydrogen-bond acceptors (Lipinski definition) is 8. The van der Waals surface area contributed by atoms with E-state index in [1.165, 1.54) is 9.36 Å². The van der Waals surface area contributed by atoms with Crippen LogP contribution in [0.1, 0.15) is 19.4 Å². The number of pyridine rings is 1. The summed E-state index contributed by atoms with van der Waals surface area (Å²) in [6, 6.07) is 2.53. The molecule has 0 aliphatic carbocycles. The van der Waals surface area contributed by atoms with Gasteiger partial charge in [-0.25, -0.2) is 9.48 Å². The highest BCUT2D eigenvalue weighted by atomic mass is 16.4. The van der Waals surface area contributed by atoms with Crippen molar-refractivity contribution >= 4 is 5.97 Å². The molecule has 3 aromatic rings. The monoisotopic (exact) mass is 301 g/mol. The number of rotatable bonds is 5. The molecule has 0 aliphatic rings. The van der Waals surface area contributed by atoms with Gasteiger partial charge in [-0.05, 0) is 39.4 Å². The maximum absolute atomic E-state index is 11.3. The van der Waals surface area contributed by atoms with Crippen molar-refractivity contribution in [2.75, 3.05) is 0 Å². The Bertz CT molecular complexity index is 782. The van der Waals surface area contributed by atoms with Crippen molar-refractivity contribution < 1.29 is 9.90 Å². The SMILES string of the molecule is CCC(C(=O)O)n1nnnc1-c1nnnn1-c1ccncc1. The third-order valence-corrected chi connectivity index (χ3v) is 3.04. The van der Waals surface area contributed by atoms with Gasteiger partial charge in [-0.3, -0.25) is 4.98 Å². The van der Waals surface area contributed by atoms with E-state index in [0.29, 0.717) is 12.1 Å². The standard InChI is InChI=1S/C11H11N9O2/c1-2-8(11(21)22)20-10(14-16-18-20)9-13-15-17-19(9)7-3-5-12-6-4-7/h3-6,8H,2H2,1H3,(H,21,22). The zero-order valence-corrected chi connectivity index (χ0v) is 11.5. The lowest BCUT2D eigenvalue weighted by molar-refractivity contribution is -0.141. The van der Waals surface area contributed by atoms with Crippen LogP contribution in [0.5, 0.6) is 0 Å². The second-order valence-corrected chi connectivity index (χ2v) is 4.33. The molecule has 3 rings (SSSR count). The molecule has 1 atom stereocenters. The number of aliphatic carboxylic acids is 1. The molecule has 0 aromatic carbocycles. The van der Waals surface area contributed by atoms with E-state index in [4.69, 9.17) is 0 Å². The summed E-state index contributed by atoms with van der Waals surface area (Å²) in [5.74, 6) is -0.606. The fourth-order valence-corrected chi connectivity index (χ4v) is 1.99. The van der Waals surface area contributed by atoms with Crippen LogP contribution in [0.3, 0.4) is 0 Å². The zero-order valence-electron chi connectivity index (χ0n) is 11.5. The molecule has 3 aromatic heterocycles. The Labute approximate surface area is 123 Å². The molecule has 0 amide bonds. The van der Waals surface area contributed by atoms with E-state index in [0.717, 1.165) is 0 Å². The lowest BCUT2D eigenvalue weighted by Crippen LogP contribution is -2.21. The van der Waals surface area contributed by atoms with Crippen LogP contribution in [0, 0.1) is 0 Å². The summed E-state index contributed by atoms with van der Waals surface area (Å²) < 4.78 is 2.62. The van der Waals surface area contributed by atoms with Gasteiger partial charge in [-0.2, -0.15) is 4.68 Å². The van der Waals surface area contributed by atoms with Gasteiger partial charge in [0.25, 0.3) is 0 Å². The molecule has 3 heterocycles. The highest BCUT2D eigenvalue weighted by molar-refractivity contribution is 5.72. The van der Waals surface area contributed by atoms with Crippen LogP contribution in [0.25, 0.3) is 17.3 Å². The summed E-state index contributed by atoms with van der Waals surface area (Å²) in [5, 5.41) is 31.8. The number of hydrogen-bond donors (Lipinski definition) is 1. The van der Waals surface area contributed by atoms with Gasteiger partial charge in [0.2, 0.25) is 11.6 Å². The Hall–Kier alpha value is -3.24. The highest BCUT2D eigenvalue weighted by Gasteiger charge is 2.26. The fourth-order valence-electron chi connectivity index (χ4n) is 1.99. The minimum absolute atomic E-state index is 0.177. The minimum Gasteiger partial charge on any atom is -0.480 e. The molecule has 22 heavy (non-hydrogen) atoms. The van der Waals surface area contributed by atoms with Crippen LogP contribution in [0.15, 0.2) is 24.5 Å². The number of carboxylic acids is 1. The van der Waals surface area contributed by atoms with E-state index in [-0.39, 0.29) is 11.6 Å². The molecule has 0 fully saturated rings. The van der Waals surface area contributed by atoms with Crippen molar-refractivity contribution in [2.45, 2.75) is 19.4 Å². The second-order valence-electron chi connectivity index (χ2n) is 4.33. The van der Waals surface area contributed by atoms with Crippen LogP contribution in [0.2, 0.25) is 0 Å². The van der Waals surface area contributed by atoms with Gasteiger partial charge in [0.1, 0.15) is 0 Å². The second kappa shape index (κ2) is 5.63. The molecule has 0 bridgehead atoms. The Morgan fingerprint density at radius 3 is 2.55 bits per heavy atom. The first-order valence-electron chi connectivity index (χ1n) is 6.42. The summed E-state index contributed by atoms with van der Waals surface area (Å²) in [5.41, 5.74) is 0.660. The maximum Gasteiger partial charge on any atom is 0.328 e. The predicted octanol–water partition coefficient (Wildman–Crippen LogP) is -0.254. The van der Waals surface area contributed by atoms with E-state index < -0.39 is 12.0 Å². The van der Waals surface area contributed by atoms with Crippen molar-refractivity contribution in [1.82, 2.24) is 45.4 Å². The fraction of sp³-hybridized carbons (Fsp3) is 0.273. The first-order chi connectivity index (χ1) is 10.7. The molecule has 112 valence electrons. The van der Waals surface area contributed by atoms with E-state index in [1.54, 1.807) is 31.5 Å². The van der Waals surface area contributed by atoms with Gasteiger partial charge in [-0.15, -0.1) is 10.2 Å². The molecule has 1 N–H and O–H groups in total. The van der Waals surface area contributed by atoms with Gasteiger partial charge in [0, 0.05) is 12.4 Å². The Morgan fingerprint density at radius 1 is 1.18 bits per heavy atom. The first-order valence-corrected chi connectivity index (χ1v) is 6.42.